The molecule has 0 radical (unpaired) electrons. The van der Waals surface area contributed by atoms with Gasteiger partial charge in [0.15, 0.2) is 12.1 Å². The molecule has 420 valence electrons. The van der Waals surface area contributed by atoms with Crippen molar-refractivity contribution >= 4 is 17.8 Å². The van der Waals surface area contributed by atoms with E-state index in [1.165, 1.54) is 13.0 Å². The number of aliphatic hydroxyl groups excluding tert-OH is 9. The van der Waals surface area contributed by atoms with Crippen LogP contribution in [0.2, 0.25) is 0 Å². The Hall–Kier alpha value is -4.01. The van der Waals surface area contributed by atoms with Crippen molar-refractivity contribution in [3.63, 3.8) is 0 Å². The number of ether oxygens (including phenoxy) is 4. The fraction of sp³-hybridized carbons (Fsp3) is 0.679. The van der Waals surface area contributed by atoms with Crippen LogP contribution in [0.4, 0.5) is 0 Å². The summed E-state index contributed by atoms with van der Waals surface area (Å²) in [6.45, 7) is 7.09. The lowest BCUT2D eigenvalue weighted by atomic mass is 9.82. The lowest BCUT2D eigenvalue weighted by Gasteiger charge is -2.45. The summed E-state index contributed by atoms with van der Waals surface area (Å²) in [7, 11) is 0. The number of fused-ring (bicyclic) bond motifs is 2. The molecule has 0 spiro atoms. The van der Waals surface area contributed by atoms with E-state index in [9.17, 15) is 70.6 Å². The monoisotopic (exact) mass is 1050 g/mol. The summed E-state index contributed by atoms with van der Waals surface area (Å²) in [5, 5.41) is 123. The maximum atomic E-state index is 13.1. The zero-order valence-electron chi connectivity index (χ0n) is 43.0. The molecule has 1 unspecified atom stereocenters. The summed E-state index contributed by atoms with van der Waals surface area (Å²) in [5.41, 5.74) is 11.6. The molecule has 2 saturated heterocycles. The van der Waals surface area contributed by atoms with Crippen LogP contribution in [0.5, 0.6) is 0 Å². The smallest absolute Gasteiger partial charge is 0.311 e. The number of carboxylic acids is 1. The highest BCUT2D eigenvalue weighted by Gasteiger charge is 2.51. The maximum Gasteiger partial charge on any atom is 0.311 e. The fourth-order valence-corrected chi connectivity index (χ4v) is 9.00. The molecule has 3 heterocycles. The van der Waals surface area contributed by atoms with Gasteiger partial charge in [-0.05, 0) is 58.9 Å². The third-order valence-electron chi connectivity index (χ3n) is 13.6. The van der Waals surface area contributed by atoms with E-state index in [1.54, 1.807) is 86.8 Å². The number of carbonyl (C=O) groups excluding carboxylic acids is 2. The van der Waals surface area contributed by atoms with Crippen LogP contribution in [0.1, 0.15) is 98.3 Å². The molecular weight excluding hydrogens is 967 g/mol. The first-order valence-corrected chi connectivity index (χ1v) is 25.7. The molecule has 0 aromatic carbocycles. The molecule has 21 heteroatoms. The van der Waals surface area contributed by atoms with Gasteiger partial charge in [-0.2, -0.15) is 0 Å². The van der Waals surface area contributed by atoms with Crippen molar-refractivity contribution in [3.8, 4) is 0 Å². The van der Waals surface area contributed by atoms with E-state index in [2.05, 4.69) is 5.32 Å². The van der Waals surface area contributed by atoms with Crippen molar-refractivity contribution in [1.82, 2.24) is 5.32 Å². The number of hydrogen-bond acceptors (Lipinski definition) is 19. The summed E-state index contributed by atoms with van der Waals surface area (Å²) in [6.07, 6.45) is 3.36. The zero-order valence-corrected chi connectivity index (χ0v) is 43.0. The van der Waals surface area contributed by atoms with Crippen LogP contribution in [0.25, 0.3) is 0 Å². The number of aliphatic hydroxyl groups is 10. The van der Waals surface area contributed by atoms with E-state index in [1.807, 2.05) is 13.0 Å². The molecule has 21 nitrogen and oxygen atoms in total. The van der Waals surface area contributed by atoms with Crippen molar-refractivity contribution in [1.29, 1.82) is 0 Å². The van der Waals surface area contributed by atoms with E-state index in [0.29, 0.717) is 25.8 Å². The van der Waals surface area contributed by atoms with Crippen molar-refractivity contribution in [2.24, 2.45) is 29.2 Å². The Kier molecular flexibility index (Phi) is 28.3. The summed E-state index contributed by atoms with van der Waals surface area (Å²) >= 11 is 0. The number of unbranched alkanes of at least 4 members (excludes halogenated alkanes) is 1. The number of esters is 1. The van der Waals surface area contributed by atoms with Gasteiger partial charge in [0.25, 0.3) is 0 Å². The number of aliphatic carboxylic acids is 1. The Bertz CT molecular complexity index is 1910. The van der Waals surface area contributed by atoms with Gasteiger partial charge < -0.3 is 91.9 Å². The molecule has 3 rings (SSSR count). The van der Waals surface area contributed by atoms with Gasteiger partial charge in [0.2, 0.25) is 5.91 Å². The lowest BCUT2D eigenvalue weighted by Crippen LogP contribution is -2.65. The molecule has 2 bridgehead atoms. The highest BCUT2D eigenvalue weighted by molar-refractivity contribution is 5.81. The first kappa shape index (κ1) is 64.3. The second-order valence-corrected chi connectivity index (χ2v) is 19.9. The van der Waals surface area contributed by atoms with Gasteiger partial charge in [0, 0.05) is 31.1 Å². The van der Waals surface area contributed by atoms with Crippen LogP contribution in [-0.2, 0) is 33.3 Å². The van der Waals surface area contributed by atoms with Crippen molar-refractivity contribution < 1.29 is 89.5 Å². The Morgan fingerprint density at radius 3 is 1.88 bits per heavy atom. The minimum atomic E-state index is -2.42. The zero-order chi connectivity index (χ0) is 55.1. The molecule has 3 aliphatic rings. The molecule has 0 aromatic heterocycles. The number of carbonyl (C=O) groups is 3. The van der Waals surface area contributed by atoms with Gasteiger partial charge in [0.1, 0.15) is 24.2 Å². The lowest BCUT2D eigenvalue weighted by molar-refractivity contribution is -0.310. The molecule has 0 aromatic rings. The quantitative estimate of drug-likeness (QED) is 0.109. The van der Waals surface area contributed by atoms with Gasteiger partial charge in [-0.1, -0.05) is 105 Å². The van der Waals surface area contributed by atoms with Gasteiger partial charge in [-0.15, -0.1) is 0 Å². The van der Waals surface area contributed by atoms with E-state index in [0.717, 1.165) is 0 Å². The molecule has 1 amide bonds. The van der Waals surface area contributed by atoms with E-state index < -0.39 is 159 Å². The Balaban J connectivity index is 1.92. The van der Waals surface area contributed by atoms with Crippen LogP contribution >= 0.6 is 0 Å². The Morgan fingerprint density at radius 2 is 1.28 bits per heavy atom. The third kappa shape index (κ3) is 21.9. The van der Waals surface area contributed by atoms with Gasteiger partial charge >= 0.3 is 11.9 Å². The second-order valence-electron chi connectivity index (χ2n) is 19.9. The predicted molar refractivity (Wildman–Crippen MR) is 272 cm³/mol. The molecule has 2 fully saturated rings. The number of nitrogens with two attached hydrogens (primary N) is 2. The van der Waals surface area contributed by atoms with Crippen molar-refractivity contribution in [2.75, 3.05) is 6.54 Å². The average molecular weight is 1050 g/mol. The summed E-state index contributed by atoms with van der Waals surface area (Å²) in [4.78, 5) is 38.4. The maximum absolute atomic E-state index is 13.1. The van der Waals surface area contributed by atoms with Crippen LogP contribution in [-0.4, -0.2) is 184 Å². The number of carboxylic acid groups (broad SMARTS) is 1. The van der Waals surface area contributed by atoms with Gasteiger partial charge in [-0.3, -0.25) is 14.4 Å². The molecule has 74 heavy (non-hydrogen) atoms. The fourth-order valence-electron chi connectivity index (χ4n) is 9.00. The number of hydrogen-bond donors (Lipinski definition) is 14. The molecule has 0 aliphatic carbocycles. The minimum absolute atomic E-state index is 0.166. The largest absolute Gasteiger partial charge is 0.481 e. The minimum Gasteiger partial charge on any atom is -0.481 e. The average Bonchev–Trinajstić information content (AvgIpc) is 3.32. The summed E-state index contributed by atoms with van der Waals surface area (Å²) in [6, 6.07) is -2.30. The highest BCUT2D eigenvalue weighted by atomic mass is 16.7. The summed E-state index contributed by atoms with van der Waals surface area (Å²) < 4.78 is 23.5. The van der Waals surface area contributed by atoms with E-state index >= 15 is 0 Å². The number of allylic oxidation sites excluding steroid dienone is 12. The Labute approximate surface area is 434 Å². The van der Waals surface area contributed by atoms with Gasteiger partial charge in [-0.25, -0.2) is 0 Å². The van der Waals surface area contributed by atoms with Crippen molar-refractivity contribution in [3.05, 3.63) is 85.1 Å². The number of cyclic esters (lactones) is 1. The molecule has 20 atom stereocenters. The van der Waals surface area contributed by atoms with Crippen LogP contribution < -0.4 is 16.8 Å². The molecule has 0 saturated carbocycles. The van der Waals surface area contributed by atoms with Crippen LogP contribution in [0.3, 0.4) is 0 Å². The van der Waals surface area contributed by atoms with E-state index in [4.69, 9.17) is 30.4 Å². The first-order chi connectivity index (χ1) is 35.0. The van der Waals surface area contributed by atoms with Gasteiger partial charge in [0.05, 0.1) is 79.5 Å². The first-order valence-electron chi connectivity index (χ1n) is 25.7. The highest BCUT2D eigenvalue weighted by Crippen LogP contribution is 2.38. The Morgan fingerprint density at radius 1 is 0.716 bits per heavy atom. The normalized spacial score (nSPS) is 41.8. The number of rotatable bonds is 9. The standard InChI is InChI=1S/C53H85N3O18/c1-31-19-15-13-11-9-7-5-6-8-10-12-14-16-20-38(73-52-49(66)46(48(65)34(4)72-52)56-50(67)39(55)21-17-18-24-54)28-43-45(51(68)69)42(62)30-53(70,74-43)29-41(61)40(60)23-22-35(57)25-36(58)26-37(59)27-44(63)71-33(3)32(2)47(31)64/h5-16,19-20,31-43,45-49,52,57-62,64-66,70H,17-18,21-30,54-55H2,1-4H3,(H,56,67)(H,68,69)/b6-5-,9-7-,10-8-,13-11-,14-12-,19-15-,20-16+/t31-,32-,33-,34-,35+,36+,37+,38-,39?,40+,41+,42-,43-,45+,46+,47+,48-,49+,52+,53+/m0/s1. The third-order valence-corrected chi connectivity index (χ3v) is 13.6. The van der Waals surface area contributed by atoms with Crippen LogP contribution in [0.15, 0.2) is 85.1 Å². The SMILES string of the molecule is C[C@@H]1[C@H](O)[C@@H](C)\C=C/C=C\C=C/C=C\C=C/C=C\C=C\[C@H](O[C@H]2O[C@@H](C)[C@H](O)[C@@H](NC(=O)C(N)CCCCN)[C@H]2O)C[C@@H]2O[C@](O)(C[C@@H](O)[C@H](O)CC[C@@H](O)C[C@@H](O)C[C@@H](O)CC(=O)O[C@H]1C)C[C@H](O)[C@H]2C(=O)O. The predicted octanol–water partition coefficient (Wildman–Crippen LogP) is 0.326. The molecular formula is C53H85N3O18. The second kappa shape index (κ2) is 32.5. The molecule has 3 aliphatic heterocycles. The van der Waals surface area contributed by atoms with E-state index in [-0.39, 0.29) is 31.6 Å². The van der Waals surface area contributed by atoms with Crippen LogP contribution in [0, 0.1) is 17.8 Å². The molecule has 16 N–H and O–H groups in total. The number of nitrogens with one attached hydrogen (secondary N) is 1. The number of amides is 1. The topological polar surface area (TPSA) is 375 Å². The summed E-state index contributed by atoms with van der Waals surface area (Å²) in [5.74, 6) is -7.73. The van der Waals surface area contributed by atoms with Crippen molar-refractivity contribution in [2.45, 2.75) is 202 Å².